The topological polar surface area (TPSA) is 15.3 Å². The summed E-state index contributed by atoms with van der Waals surface area (Å²) in [5, 5.41) is 3.83. The number of hydrogen-bond acceptors (Lipinski definition) is 2. The molecule has 1 aliphatic heterocycles. The van der Waals surface area contributed by atoms with Crippen LogP contribution in [0.2, 0.25) is 0 Å². The predicted molar refractivity (Wildman–Crippen MR) is 90.8 cm³/mol. The molecular weight excluding hydrogens is 256 g/mol. The summed E-state index contributed by atoms with van der Waals surface area (Å²) in [5.41, 5.74) is 3.45. The van der Waals surface area contributed by atoms with Gasteiger partial charge in [0.1, 0.15) is 0 Å². The maximum absolute atomic E-state index is 3.83. The van der Waals surface area contributed by atoms with Crippen molar-refractivity contribution in [3.05, 3.63) is 29.8 Å². The van der Waals surface area contributed by atoms with Gasteiger partial charge in [0.15, 0.2) is 0 Å². The van der Waals surface area contributed by atoms with Crippen molar-refractivity contribution in [3.8, 4) is 0 Å². The molecule has 1 N–H and O–H groups in total. The van der Waals surface area contributed by atoms with Crippen LogP contribution >= 0.6 is 0 Å². The van der Waals surface area contributed by atoms with Gasteiger partial charge in [-0.2, -0.15) is 0 Å². The van der Waals surface area contributed by atoms with Gasteiger partial charge in [0.25, 0.3) is 0 Å². The Hall–Kier alpha value is -1.02. The fourth-order valence-corrected chi connectivity index (χ4v) is 4.05. The summed E-state index contributed by atoms with van der Waals surface area (Å²) in [7, 11) is 0. The number of anilines is 1. The molecule has 1 atom stereocenters. The second kappa shape index (κ2) is 6.39. The van der Waals surface area contributed by atoms with Crippen LogP contribution in [0.4, 0.5) is 5.69 Å². The molecule has 0 amide bonds. The van der Waals surface area contributed by atoms with E-state index in [-0.39, 0.29) is 0 Å². The summed E-state index contributed by atoms with van der Waals surface area (Å²) in [4.78, 5) is 2.56. The Balaban J connectivity index is 1.62. The van der Waals surface area contributed by atoms with Gasteiger partial charge in [-0.05, 0) is 49.1 Å². The van der Waals surface area contributed by atoms with Crippen LogP contribution in [0, 0.1) is 5.41 Å². The highest BCUT2D eigenvalue weighted by Gasteiger charge is 2.27. The molecule has 2 aliphatic rings. The summed E-state index contributed by atoms with van der Waals surface area (Å²) >= 11 is 0. The van der Waals surface area contributed by atoms with Crippen molar-refractivity contribution in [2.75, 3.05) is 18.0 Å². The van der Waals surface area contributed by atoms with Gasteiger partial charge < -0.3 is 10.2 Å². The van der Waals surface area contributed by atoms with Crippen molar-refractivity contribution < 1.29 is 0 Å². The van der Waals surface area contributed by atoms with Crippen molar-refractivity contribution >= 4 is 5.69 Å². The molecule has 2 nitrogen and oxygen atoms in total. The lowest BCUT2D eigenvalue weighted by molar-refractivity contribution is 0.198. The molecule has 116 valence electrons. The number of nitrogens with one attached hydrogen (secondary N) is 1. The lowest BCUT2D eigenvalue weighted by Gasteiger charge is -2.36. The summed E-state index contributed by atoms with van der Waals surface area (Å²) < 4.78 is 0. The smallest absolute Gasteiger partial charge is 0.0411 e. The molecule has 2 fully saturated rings. The minimum atomic E-state index is 0.518. The Labute approximate surface area is 129 Å². The number of hydrogen-bond donors (Lipinski definition) is 1. The third-order valence-corrected chi connectivity index (χ3v) is 5.22. The van der Waals surface area contributed by atoms with Crippen LogP contribution in [0.1, 0.15) is 57.9 Å². The van der Waals surface area contributed by atoms with Crippen LogP contribution in [-0.4, -0.2) is 19.1 Å². The van der Waals surface area contributed by atoms with Crippen LogP contribution in [0.15, 0.2) is 24.3 Å². The van der Waals surface area contributed by atoms with Crippen molar-refractivity contribution in [2.45, 2.75) is 65.0 Å². The largest absolute Gasteiger partial charge is 0.371 e. The molecule has 1 saturated carbocycles. The summed E-state index contributed by atoms with van der Waals surface area (Å²) in [5.74, 6) is 0. The molecule has 1 unspecified atom stereocenters. The third kappa shape index (κ3) is 3.79. The van der Waals surface area contributed by atoms with E-state index in [9.17, 15) is 0 Å². The van der Waals surface area contributed by atoms with Crippen LogP contribution in [0.5, 0.6) is 0 Å². The zero-order valence-corrected chi connectivity index (χ0v) is 13.7. The van der Waals surface area contributed by atoms with Gasteiger partial charge in [0, 0.05) is 31.4 Å². The molecule has 3 rings (SSSR count). The lowest BCUT2D eigenvalue weighted by atomic mass is 9.75. The quantitative estimate of drug-likeness (QED) is 0.885. The monoisotopic (exact) mass is 286 g/mol. The minimum absolute atomic E-state index is 0.518. The van der Waals surface area contributed by atoms with Crippen LogP contribution < -0.4 is 10.2 Å². The SMILES string of the molecule is CC1(C)CCCC(NCc2ccccc2N2CCCC2)C1. The molecule has 1 heterocycles. The minimum Gasteiger partial charge on any atom is -0.371 e. The number of rotatable bonds is 4. The normalized spacial score (nSPS) is 25.2. The molecule has 1 saturated heterocycles. The van der Waals surface area contributed by atoms with E-state index in [4.69, 9.17) is 0 Å². The Kier molecular flexibility index (Phi) is 4.54. The Morgan fingerprint density at radius 1 is 1.14 bits per heavy atom. The summed E-state index contributed by atoms with van der Waals surface area (Å²) in [6, 6.07) is 9.66. The van der Waals surface area contributed by atoms with E-state index in [0.29, 0.717) is 11.5 Å². The molecule has 0 aromatic heterocycles. The molecule has 2 heteroatoms. The first-order valence-electron chi connectivity index (χ1n) is 8.70. The van der Waals surface area contributed by atoms with Gasteiger partial charge >= 0.3 is 0 Å². The zero-order chi connectivity index (χ0) is 14.7. The predicted octanol–water partition coefficient (Wildman–Crippen LogP) is 4.35. The first-order chi connectivity index (χ1) is 10.1. The highest BCUT2D eigenvalue weighted by atomic mass is 15.1. The summed E-state index contributed by atoms with van der Waals surface area (Å²) in [6.07, 6.45) is 8.11. The molecule has 0 radical (unpaired) electrons. The molecular formula is C19H30N2. The molecule has 0 bridgehead atoms. The molecule has 1 aromatic carbocycles. The van der Waals surface area contributed by atoms with Gasteiger partial charge in [-0.3, -0.25) is 0 Å². The van der Waals surface area contributed by atoms with E-state index < -0.39 is 0 Å². The van der Waals surface area contributed by atoms with Crippen LogP contribution in [-0.2, 0) is 6.54 Å². The van der Waals surface area contributed by atoms with Gasteiger partial charge in [0.05, 0.1) is 0 Å². The molecule has 1 aromatic rings. The van der Waals surface area contributed by atoms with E-state index in [1.54, 1.807) is 0 Å². The lowest BCUT2D eigenvalue weighted by Crippen LogP contribution is -2.37. The van der Waals surface area contributed by atoms with E-state index in [0.717, 1.165) is 6.54 Å². The third-order valence-electron chi connectivity index (χ3n) is 5.22. The molecule has 21 heavy (non-hydrogen) atoms. The van der Waals surface area contributed by atoms with E-state index >= 15 is 0 Å². The average Bonchev–Trinajstić information content (AvgIpc) is 2.98. The van der Waals surface area contributed by atoms with Crippen LogP contribution in [0.3, 0.4) is 0 Å². The molecule has 1 aliphatic carbocycles. The highest BCUT2D eigenvalue weighted by molar-refractivity contribution is 5.54. The first-order valence-corrected chi connectivity index (χ1v) is 8.70. The van der Waals surface area contributed by atoms with Gasteiger partial charge in [-0.25, -0.2) is 0 Å². The van der Waals surface area contributed by atoms with Gasteiger partial charge in [-0.1, -0.05) is 38.5 Å². The maximum atomic E-state index is 3.83. The number of para-hydroxylation sites is 1. The highest BCUT2D eigenvalue weighted by Crippen LogP contribution is 2.35. The first kappa shape index (κ1) is 14.9. The standard InChI is InChI=1S/C19H30N2/c1-19(2)11-7-9-17(14-19)20-15-16-8-3-4-10-18(16)21-12-5-6-13-21/h3-4,8,10,17,20H,5-7,9,11-15H2,1-2H3. The molecule has 0 spiro atoms. The zero-order valence-electron chi connectivity index (χ0n) is 13.7. The fourth-order valence-electron chi connectivity index (χ4n) is 4.05. The van der Waals surface area contributed by atoms with Crippen LogP contribution in [0.25, 0.3) is 0 Å². The number of nitrogens with zero attached hydrogens (tertiary/aromatic N) is 1. The van der Waals surface area contributed by atoms with Crippen molar-refractivity contribution in [3.63, 3.8) is 0 Å². The van der Waals surface area contributed by atoms with Crippen molar-refractivity contribution in [2.24, 2.45) is 5.41 Å². The average molecular weight is 286 g/mol. The Morgan fingerprint density at radius 2 is 1.90 bits per heavy atom. The Morgan fingerprint density at radius 3 is 2.67 bits per heavy atom. The fraction of sp³-hybridized carbons (Fsp3) is 0.684. The van der Waals surface area contributed by atoms with Gasteiger partial charge in [-0.15, -0.1) is 0 Å². The second-order valence-electron chi connectivity index (χ2n) is 7.66. The van der Waals surface area contributed by atoms with Gasteiger partial charge in [0.2, 0.25) is 0 Å². The van der Waals surface area contributed by atoms with Crippen molar-refractivity contribution in [1.29, 1.82) is 0 Å². The maximum Gasteiger partial charge on any atom is 0.0411 e. The van der Waals surface area contributed by atoms with Crippen molar-refractivity contribution in [1.82, 2.24) is 5.32 Å². The second-order valence-corrected chi connectivity index (χ2v) is 7.66. The number of benzene rings is 1. The van der Waals surface area contributed by atoms with E-state index in [1.165, 1.54) is 62.9 Å². The Bertz CT molecular complexity index is 460. The van der Waals surface area contributed by atoms with E-state index in [1.807, 2.05) is 0 Å². The summed E-state index contributed by atoms with van der Waals surface area (Å²) in [6.45, 7) is 8.31. The van der Waals surface area contributed by atoms with E-state index in [2.05, 4.69) is 48.3 Å².